The van der Waals surface area contributed by atoms with Crippen molar-refractivity contribution < 1.29 is 81.6 Å². The summed E-state index contributed by atoms with van der Waals surface area (Å²) in [5.74, 6) is -2.49. The third-order valence-electron chi connectivity index (χ3n) is 10.5. The molecule has 0 aromatic heterocycles. The minimum absolute atomic E-state index is 0.00640. The first-order valence-electron chi connectivity index (χ1n) is 20.3. The molecular formula is C37H53F3N8O14S. The van der Waals surface area contributed by atoms with Gasteiger partial charge in [0.1, 0.15) is 36.8 Å². The summed E-state index contributed by atoms with van der Waals surface area (Å²) in [6.07, 6.45) is -11.4. The zero-order valence-electron chi connectivity index (χ0n) is 33.9. The van der Waals surface area contributed by atoms with Crippen molar-refractivity contribution in [2.45, 2.75) is 91.5 Å². The lowest BCUT2D eigenvalue weighted by Gasteiger charge is -2.19. The van der Waals surface area contributed by atoms with Crippen molar-refractivity contribution in [2.75, 3.05) is 71.6 Å². The number of urea groups is 1. The van der Waals surface area contributed by atoms with Crippen LogP contribution in [0, 0.1) is 0 Å². The number of alkyl halides is 3. The van der Waals surface area contributed by atoms with Crippen molar-refractivity contribution in [3.8, 4) is 5.75 Å². The maximum absolute atomic E-state index is 13.7. The molecule has 4 unspecified atom stereocenters. The zero-order valence-corrected chi connectivity index (χ0v) is 34.7. The fourth-order valence-electron chi connectivity index (χ4n) is 6.95. The molecule has 26 heteroatoms. The van der Waals surface area contributed by atoms with E-state index in [1.807, 2.05) is 0 Å². The first-order chi connectivity index (χ1) is 30.1. The molecule has 0 radical (unpaired) electrons. The van der Waals surface area contributed by atoms with Crippen LogP contribution in [0.1, 0.15) is 41.6 Å². The van der Waals surface area contributed by atoms with Gasteiger partial charge < -0.3 is 76.4 Å². The molecule has 6 amide bonds. The molecule has 0 spiro atoms. The lowest BCUT2D eigenvalue weighted by Crippen LogP contribution is -2.50. The van der Waals surface area contributed by atoms with Crippen LogP contribution in [0.3, 0.4) is 0 Å². The molecule has 3 saturated heterocycles. The molecule has 0 bridgehead atoms. The predicted molar refractivity (Wildman–Crippen MR) is 211 cm³/mol. The number of unbranched alkanes of at least 4 members (excludes halogenated alkanes) is 1. The Morgan fingerprint density at radius 2 is 1.54 bits per heavy atom. The Kier molecular flexibility index (Phi) is 18.1. The van der Waals surface area contributed by atoms with Crippen LogP contribution in [-0.2, 0) is 34.3 Å². The number of hydrogen-bond donors (Lipinski definition) is 11. The van der Waals surface area contributed by atoms with Crippen LogP contribution < -0.4 is 36.6 Å². The maximum atomic E-state index is 13.7. The summed E-state index contributed by atoms with van der Waals surface area (Å²) in [6.45, 7) is -1.36. The maximum Gasteiger partial charge on any atom is 0.442 e. The van der Waals surface area contributed by atoms with Crippen molar-refractivity contribution >= 4 is 41.4 Å². The van der Waals surface area contributed by atoms with E-state index in [0.29, 0.717) is 11.7 Å². The number of hydrogen-bond acceptors (Lipinski definition) is 17. The molecule has 4 aliphatic heterocycles. The molecule has 22 nitrogen and oxygen atoms in total. The minimum Gasteiger partial charge on any atom is -0.490 e. The van der Waals surface area contributed by atoms with Crippen LogP contribution in [-0.4, -0.2) is 187 Å². The number of aliphatic hydroxyl groups excluding tert-OH is 5. The van der Waals surface area contributed by atoms with Gasteiger partial charge in [-0.2, -0.15) is 24.9 Å². The van der Waals surface area contributed by atoms with Gasteiger partial charge in [0, 0.05) is 49.2 Å². The number of ether oxygens (including phenoxy) is 4. The van der Waals surface area contributed by atoms with E-state index in [2.05, 4.69) is 42.1 Å². The number of carbonyl (C=O) groups excluding carboxylic acids is 5. The van der Waals surface area contributed by atoms with Crippen molar-refractivity contribution in [2.24, 2.45) is 10.2 Å². The van der Waals surface area contributed by atoms with Gasteiger partial charge in [-0.25, -0.2) is 4.79 Å². The summed E-state index contributed by atoms with van der Waals surface area (Å²) in [4.78, 5) is 61.2. The van der Waals surface area contributed by atoms with Crippen LogP contribution in [0.5, 0.6) is 5.75 Å². The molecular weight excluding hydrogens is 870 g/mol. The highest BCUT2D eigenvalue weighted by Gasteiger charge is 2.65. The van der Waals surface area contributed by atoms with E-state index in [4.69, 9.17) is 18.9 Å². The molecule has 11 N–H and O–H groups in total. The van der Waals surface area contributed by atoms with Gasteiger partial charge in [-0.3, -0.25) is 19.2 Å². The number of carbonyl (C=O) groups is 5. The second-order valence-electron chi connectivity index (χ2n) is 14.9. The highest BCUT2D eigenvalue weighted by molar-refractivity contribution is 8.00. The van der Waals surface area contributed by atoms with Crippen LogP contribution >= 0.6 is 11.8 Å². The van der Waals surface area contributed by atoms with Crippen LogP contribution in [0.2, 0.25) is 0 Å². The van der Waals surface area contributed by atoms with Gasteiger partial charge in [0.05, 0.1) is 50.7 Å². The number of halogens is 3. The monoisotopic (exact) mass is 922 g/mol. The van der Waals surface area contributed by atoms with Crippen molar-refractivity contribution in [3.63, 3.8) is 0 Å². The normalized spacial score (nSPS) is 25.3. The van der Waals surface area contributed by atoms with Gasteiger partial charge in [0.25, 0.3) is 17.7 Å². The Morgan fingerprint density at radius 1 is 0.889 bits per heavy atom. The molecule has 4 aliphatic rings. The van der Waals surface area contributed by atoms with Crippen molar-refractivity contribution in [1.29, 1.82) is 0 Å². The van der Waals surface area contributed by atoms with E-state index in [1.165, 1.54) is 0 Å². The van der Waals surface area contributed by atoms with E-state index in [-0.39, 0.29) is 101 Å². The number of fused-ring (bicyclic) bond motifs is 1. The van der Waals surface area contributed by atoms with Gasteiger partial charge in [-0.15, -0.1) is 10.2 Å². The third kappa shape index (κ3) is 13.3. The first-order valence-corrected chi connectivity index (χ1v) is 21.3. The molecule has 63 heavy (non-hydrogen) atoms. The number of thioether (sulfide) groups is 1. The topological polar surface area (TPSA) is 320 Å². The second kappa shape index (κ2) is 23.0. The molecule has 4 heterocycles. The Labute approximate surface area is 362 Å². The fourth-order valence-corrected chi connectivity index (χ4v) is 8.49. The lowest BCUT2D eigenvalue weighted by atomic mass is 10.00. The van der Waals surface area contributed by atoms with Gasteiger partial charge >= 0.3 is 17.9 Å². The minimum atomic E-state index is -4.85. The Hall–Kier alpha value is -4.41. The summed E-state index contributed by atoms with van der Waals surface area (Å²) >= 11 is 1.80. The number of aliphatic hydroxyl groups is 5. The Bertz CT molecular complexity index is 1780. The molecule has 1 aromatic carbocycles. The number of amides is 6. The summed E-state index contributed by atoms with van der Waals surface area (Å²) in [5.41, 5.74) is -3.37. The van der Waals surface area contributed by atoms with Crippen LogP contribution in [0.15, 0.2) is 28.4 Å². The Balaban J connectivity index is 0.910. The van der Waals surface area contributed by atoms with E-state index in [1.54, 1.807) is 11.8 Å². The van der Waals surface area contributed by atoms with Crippen LogP contribution in [0.4, 0.5) is 18.0 Å². The number of nitrogens with one attached hydrogen (secondary N) is 6. The molecule has 1 aromatic rings. The summed E-state index contributed by atoms with van der Waals surface area (Å²) in [6, 6.07) is 3.19. The molecule has 352 valence electrons. The van der Waals surface area contributed by atoms with E-state index in [9.17, 15) is 62.7 Å². The summed E-state index contributed by atoms with van der Waals surface area (Å²) < 4.78 is 62.8. The number of benzene rings is 1. The molecule has 0 aliphatic carbocycles. The average molecular weight is 923 g/mol. The lowest BCUT2D eigenvalue weighted by molar-refractivity contribution is -0.166. The molecule has 5 rings (SSSR count). The quantitative estimate of drug-likeness (QED) is 0.0333. The van der Waals surface area contributed by atoms with E-state index >= 15 is 0 Å². The van der Waals surface area contributed by atoms with Crippen molar-refractivity contribution in [1.82, 2.24) is 31.9 Å². The standard InChI is InChI=1S/C37H53F3N8O14S/c38-37(39,40)36(47-48-36)19-5-6-20(32(55)44-16-23-28(51)29(52)24(17-49)62-23)22(15-19)61-14-13-60-12-11-59-10-9-43-34(57)31(54)30(53)33(56)42-8-7-41-26(50)4-2-1-3-25-27-21(18-63-25)45-35(58)46-27/h5-6,15,21,23-25,27-31,49,51-54H,1-4,7-14,16-18H2,(H,41,50)(H,42,56)(H,43,57)(H,44,55)(H2,45,46,58)/t21?,23-,24-,25+,27?,28-,29-,30?,31?/m1/s1. The largest absolute Gasteiger partial charge is 0.490 e. The zero-order chi connectivity index (χ0) is 45.7. The van der Waals surface area contributed by atoms with Gasteiger partial charge in [-0.1, -0.05) is 12.5 Å². The highest BCUT2D eigenvalue weighted by atomic mass is 32.2. The van der Waals surface area contributed by atoms with E-state index in [0.717, 1.165) is 36.8 Å². The predicted octanol–water partition coefficient (Wildman–Crippen LogP) is -2.71. The van der Waals surface area contributed by atoms with Gasteiger partial charge in [0.15, 0.2) is 12.2 Å². The second-order valence-corrected chi connectivity index (χ2v) is 16.2. The van der Waals surface area contributed by atoms with E-state index < -0.39 is 78.4 Å². The smallest absolute Gasteiger partial charge is 0.442 e. The van der Waals surface area contributed by atoms with Gasteiger partial charge in [-0.05, 0) is 25.0 Å². The number of rotatable bonds is 26. The summed E-state index contributed by atoms with van der Waals surface area (Å²) in [5, 5.41) is 71.8. The van der Waals surface area contributed by atoms with Crippen LogP contribution in [0.25, 0.3) is 0 Å². The van der Waals surface area contributed by atoms with Crippen molar-refractivity contribution in [3.05, 3.63) is 29.3 Å². The molecule has 3 fully saturated rings. The summed E-state index contributed by atoms with van der Waals surface area (Å²) in [7, 11) is 0. The SMILES string of the molecule is O=C(CCCC[C@@H]1SCC2NC(=O)NC21)NCCNC(=O)C(O)C(O)C(=O)NCCOCCOCCOc1cc(C2(C(F)(F)F)N=N2)ccc1C(=O)NC[C@H]1O[C@H](CO)[C@@H](O)[C@@H]1O. The fraction of sp³-hybridized carbons (Fsp3) is 0.703. The average Bonchev–Trinajstić information content (AvgIpc) is 3.81. The Morgan fingerprint density at radius 3 is 2.21 bits per heavy atom. The molecule has 9 atom stereocenters. The van der Waals surface area contributed by atoms with Gasteiger partial charge in [0.2, 0.25) is 5.91 Å². The highest BCUT2D eigenvalue weighted by Crippen LogP contribution is 2.53. The number of nitrogens with zero attached hydrogens (tertiary/aromatic N) is 2. The first kappa shape index (κ1) is 49.6. The molecule has 0 saturated carbocycles. The third-order valence-corrected chi connectivity index (χ3v) is 12.0.